The Morgan fingerprint density at radius 2 is 1.95 bits per heavy atom. The smallest absolute Gasteiger partial charge is 0.331 e. The van der Waals surface area contributed by atoms with Gasteiger partial charge in [0.05, 0.1) is 24.2 Å². The van der Waals surface area contributed by atoms with Crippen molar-refractivity contribution in [2.24, 2.45) is 5.41 Å². The Morgan fingerprint density at radius 3 is 2.55 bits per heavy atom. The zero-order valence-electron chi connectivity index (χ0n) is 13.3. The van der Waals surface area contributed by atoms with Crippen molar-refractivity contribution in [3.8, 4) is 0 Å². The maximum atomic E-state index is 11.1. The number of fused-ring (bicyclic) bond motifs is 2. The van der Waals surface area contributed by atoms with E-state index in [0.717, 1.165) is 11.9 Å². The van der Waals surface area contributed by atoms with Crippen LogP contribution in [0.25, 0.3) is 0 Å². The number of benzene rings is 1. The molecule has 5 aliphatic rings. The number of aryl methyl sites for hydroxylation is 3. The molecule has 5 heteroatoms. The molecule has 3 unspecified atom stereocenters. The van der Waals surface area contributed by atoms with Crippen molar-refractivity contribution in [2.75, 3.05) is 13.2 Å². The van der Waals surface area contributed by atoms with Gasteiger partial charge >= 0.3 is 6.92 Å². The molecule has 1 aliphatic carbocycles. The standard InChI is InChI=1S/C17H21BO4/c1-9-4-10(2)13(11(3)5-9)18(19)14-15-16(14)6-12-7-21-17(16,22-15)8-20-12/h4-5,12,14-15,19H,6-8H2,1-3H3/t12-,14?,15?,16?,17-/m0/s1. The molecular weight excluding hydrogens is 279 g/mol. The summed E-state index contributed by atoms with van der Waals surface area (Å²) in [5, 5.41) is 11.1. The van der Waals surface area contributed by atoms with Gasteiger partial charge in [0, 0.05) is 5.82 Å². The quantitative estimate of drug-likeness (QED) is 0.831. The van der Waals surface area contributed by atoms with E-state index in [1.807, 2.05) is 0 Å². The summed E-state index contributed by atoms with van der Waals surface area (Å²) in [6, 6.07) is 4.30. The number of rotatable bonds is 2. The van der Waals surface area contributed by atoms with Gasteiger partial charge in [0.1, 0.15) is 6.61 Å². The third-order valence-electron chi connectivity index (χ3n) is 6.30. The highest BCUT2D eigenvalue weighted by Gasteiger charge is 2.90. The van der Waals surface area contributed by atoms with Crippen LogP contribution in [0.3, 0.4) is 0 Å². The Labute approximate surface area is 130 Å². The van der Waals surface area contributed by atoms with E-state index in [1.54, 1.807) is 0 Å². The molecule has 1 aromatic rings. The summed E-state index contributed by atoms with van der Waals surface area (Å²) in [7, 11) is 0. The molecule has 1 N–H and O–H groups in total. The summed E-state index contributed by atoms with van der Waals surface area (Å²) < 4.78 is 17.7. The molecule has 1 aromatic carbocycles. The van der Waals surface area contributed by atoms with Crippen molar-refractivity contribution in [1.29, 1.82) is 0 Å². The lowest BCUT2D eigenvalue weighted by Gasteiger charge is -2.57. The average Bonchev–Trinajstić information content (AvgIpc) is 2.93. The fraction of sp³-hybridized carbons (Fsp3) is 0.647. The first-order chi connectivity index (χ1) is 10.5. The summed E-state index contributed by atoms with van der Waals surface area (Å²) >= 11 is 0. The maximum absolute atomic E-state index is 11.1. The molecule has 2 bridgehead atoms. The van der Waals surface area contributed by atoms with Crippen LogP contribution < -0.4 is 5.46 Å². The van der Waals surface area contributed by atoms with Gasteiger partial charge in [-0.15, -0.1) is 0 Å². The van der Waals surface area contributed by atoms with Crippen molar-refractivity contribution in [1.82, 2.24) is 0 Å². The Morgan fingerprint density at radius 1 is 1.23 bits per heavy atom. The molecule has 116 valence electrons. The highest BCUT2D eigenvalue weighted by atomic mass is 16.8. The molecule has 4 aliphatic heterocycles. The van der Waals surface area contributed by atoms with Gasteiger partial charge in [-0.3, -0.25) is 0 Å². The first kappa shape index (κ1) is 13.6. The van der Waals surface area contributed by atoms with Gasteiger partial charge in [-0.25, -0.2) is 0 Å². The monoisotopic (exact) mass is 300 g/mol. The highest BCUT2D eigenvalue weighted by Crippen LogP contribution is 2.81. The predicted molar refractivity (Wildman–Crippen MR) is 82.4 cm³/mol. The van der Waals surface area contributed by atoms with Crippen LogP contribution in [0.15, 0.2) is 12.1 Å². The molecular formula is C17H21BO4. The average molecular weight is 300 g/mol. The van der Waals surface area contributed by atoms with Gasteiger partial charge in [0.2, 0.25) is 0 Å². The number of ether oxygens (including phenoxy) is 3. The van der Waals surface area contributed by atoms with Crippen molar-refractivity contribution >= 4 is 12.4 Å². The predicted octanol–water partition coefficient (Wildman–Crippen LogP) is 1.09. The van der Waals surface area contributed by atoms with E-state index < -0.39 is 12.7 Å². The normalized spacial score (nSPS) is 44.1. The minimum atomic E-state index is -0.579. The molecule has 0 radical (unpaired) electrons. The Bertz CT molecular complexity index is 644. The largest absolute Gasteiger partial charge is 0.446 e. The lowest BCUT2D eigenvalue weighted by molar-refractivity contribution is -0.430. The summed E-state index contributed by atoms with van der Waals surface area (Å²) in [5.41, 5.74) is 4.63. The first-order valence-corrected chi connectivity index (χ1v) is 8.18. The molecule has 5 atom stereocenters. The molecule has 1 saturated carbocycles. The molecule has 4 heterocycles. The van der Waals surface area contributed by atoms with Crippen LogP contribution in [0, 0.1) is 26.2 Å². The van der Waals surface area contributed by atoms with Crippen molar-refractivity contribution in [3.05, 3.63) is 28.8 Å². The summed E-state index contributed by atoms with van der Waals surface area (Å²) in [6.45, 7) is 6.93. The molecule has 0 amide bonds. The SMILES string of the molecule is Cc1cc(C)c(B(O)C2C3O[C@]45CO[C@H](CO4)CC325)c(C)c1. The molecule has 6 rings (SSSR count). The molecule has 0 aromatic heterocycles. The van der Waals surface area contributed by atoms with E-state index in [4.69, 9.17) is 14.2 Å². The van der Waals surface area contributed by atoms with Crippen LogP contribution >= 0.6 is 0 Å². The van der Waals surface area contributed by atoms with Crippen LogP contribution in [0.1, 0.15) is 23.1 Å². The Hall–Kier alpha value is -0.875. The van der Waals surface area contributed by atoms with Crippen LogP contribution in [0.2, 0.25) is 5.82 Å². The van der Waals surface area contributed by atoms with E-state index in [2.05, 4.69) is 32.9 Å². The van der Waals surface area contributed by atoms with Gasteiger partial charge < -0.3 is 19.2 Å². The van der Waals surface area contributed by atoms with Crippen molar-refractivity contribution < 1.29 is 19.2 Å². The van der Waals surface area contributed by atoms with Gasteiger partial charge in [0.15, 0.2) is 5.79 Å². The molecule has 2 spiro atoms. The summed E-state index contributed by atoms with van der Waals surface area (Å²) in [6.07, 6.45) is 1.27. The zero-order chi connectivity index (χ0) is 15.3. The van der Waals surface area contributed by atoms with Crippen molar-refractivity contribution in [2.45, 2.75) is 51.0 Å². The molecule has 5 fully saturated rings. The maximum Gasteiger partial charge on any atom is 0.331 e. The van der Waals surface area contributed by atoms with Crippen LogP contribution in [0.4, 0.5) is 0 Å². The Kier molecular flexibility index (Phi) is 2.44. The molecule has 4 nitrogen and oxygen atoms in total. The first-order valence-electron chi connectivity index (χ1n) is 8.18. The fourth-order valence-electron chi connectivity index (χ4n) is 5.41. The fourth-order valence-corrected chi connectivity index (χ4v) is 5.41. The van der Waals surface area contributed by atoms with E-state index in [0.29, 0.717) is 13.2 Å². The number of hydrogen-bond donors (Lipinski definition) is 1. The zero-order valence-corrected chi connectivity index (χ0v) is 13.3. The number of hydrogen-bond acceptors (Lipinski definition) is 4. The topological polar surface area (TPSA) is 47.9 Å². The Balaban J connectivity index is 1.51. The van der Waals surface area contributed by atoms with E-state index in [-0.39, 0.29) is 23.4 Å². The summed E-state index contributed by atoms with van der Waals surface area (Å²) in [4.78, 5) is 0. The van der Waals surface area contributed by atoms with Crippen molar-refractivity contribution in [3.63, 3.8) is 0 Å². The molecule has 4 saturated heterocycles. The van der Waals surface area contributed by atoms with Crippen LogP contribution in [-0.4, -0.2) is 43.1 Å². The van der Waals surface area contributed by atoms with Gasteiger partial charge in [0.25, 0.3) is 0 Å². The van der Waals surface area contributed by atoms with Gasteiger partial charge in [-0.1, -0.05) is 28.8 Å². The lowest BCUT2D eigenvalue weighted by atomic mass is 9.51. The van der Waals surface area contributed by atoms with E-state index >= 15 is 0 Å². The van der Waals surface area contributed by atoms with Crippen LogP contribution in [-0.2, 0) is 14.2 Å². The molecule has 22 heavy (non-hydrogen) atoms. The highest BCUT2D eigenvalue weighted by molar-refractivity contribution is 6.70. The van der Waals surface area contributed by atoms with Gasteiger partial charge in [-0.05, 0) is 32.7 Å². The van der Waals surface area contributed by atoms with E-state index in [1.165, 1.54) is 16.7 Å². The minimum absolute atomic E-state index is 0.0165. The summed E-state index contributed by atoms with van der Waals surface area (Å²) in [5.74, 6) is -0.441. The second-order valence-electron chi connectivity index (χ2n) is 7.56. The third-order valence-corrected chi connectivity index (χ3v) is 6.30. The second-order valence-corrected chi connectivity index (χ2v) is 7.56. The van der Waals surface area contributed by atoms with Crippen LogP contribution in [0.5, 0.6) is 0 Å². The lowest BCUT2D eigenvalue weighted by Crippen LogP contribution is -2.68. The van der Waals surface area contributed by atoms with E-state index in [9.17, 15) is 5.02 Å². The minimum Gasteiger partial charge on any atom is -0.446 e. The third kappa shape index (κ3) is 1.35. The second kappa shape index (κ2) is 3.96. The van der Waals surface area contributed by atoms with Gasteiger partial charge in [-0.2, -0.15) is 0 Å².